The van der Waals surface area contributed by atoms with Crippen LogP contribution in [-0.2, 0) is 0 Å². The summed E-state index contributed by atoms with van der Waals surface area (Å²) in [7, 11) is 5.06. The fourth-order valence-electron chi connectivity index (χ4n) is 2.94. The first-order valence-corrected chi connectivity index (χ1v) is 8.24. The maximum absolute atomic E-state index is 6.59. The molecule has 3 rings (SSSR count). The van der Waals surface area contributed by atoms with Crippen LogP contribution in [0.15, 0.2) is 24.4 Å². The number of hydrogen-bond acceptors (Lipinski definition) is 5. The van der Waals surface area contributed by atoms with Crippen LogP contribution in [0.1, 0.15) is 11.3 Å². The van der Waals surface area contributed by atoms with Crippen molar-refractivity contribution >= 4 is 28.2 Å². The van der Waals surface area contributed by atoms with Crippen LogP contribution in [0.25, 0.3) is 22.0 Å². The number of fused-ring (bicyclic) bond motifs is 1. The molecule has 0 bridgehead atoms. The number of rotatable bonds is 4. The van der Waals surface area contributed by atoms with Gasteiger partial charge in [0.25, 0.3) is 0 Å². The Bertz CT molecular complexity index is 929. The van der Waals surface area contributed by atoms with Crippen molar-refractivity contribution in [1.82, 2.24) is 9.97 Å². The first-order chi connectivity index (χ1) is 12.0. The van der Waals surface area contributed by atoms with Crippen molar-refractivity contribution in [3.63, 3.8) is 0 Å². The second-order valence-corrected chi connectivity index (χ2v) is 6.13. The molecule has 1 aromatic carbocycles. The van der Waals surface area contributed by atoms with Crippen molar-refractivity contribution < 1.29 is 9.47 Å². The number of aromatic nitrogens is 2. The minimum atomic E-state index is 0.509. The molecule has 1 N–H and O–H groups in total. The molecule has 0 saturated heterocycles. The third-order valence-corrected chi connectivity index (χ3v) is 4.60. The Morgan fingerprint density at radius 3 is 2.40 bits per heavy atom. The molecule has 0 aliphatic heterocycles. The van der Waals surface area contributed by atoms with E-state index in [2.05, 4.69) is 10.3 Å². The number of halogens is 1. The summed E-state index contributed by atoms with van der Waals surface area (Å²) < 4.78 is 10.9. The van der Waals surface area contributed by atoms with Crippen LogP contribution in [0.5, 0.6) is 11.5 Å². The first kappa shape index (κ1) is 17.3. The lowest BCUT2D eigenvalue weighted by Crippen LogP contribution is -2.00. The van der Waals surface area contributed by atoms with Crippen molar-refractivity contribution in [3.05, 3.63) is 40.7 Å². The number of hydrogen-bond donors (Lipinski definition) is 1. The zero-order valence-corrected chi connectivity index (χ0v) is 15.7. The molecule has 0 unspecified atom stereocenters. The molecule has 3 aromatic rings. The maximum atomic E-state index is 6.59. The Hall–Kier alpha value is -2.53. The molecule has 2 aromatic heterocycles. The fraction of sp³-hybridized carbons (Fsp3) is 0.263. The van der Waals surface area contributed by atoms with E-state index in [1.165, 1.54) is 0 Å². The maximum Gasteiger partial charge on any atom is 0.141 e. The highest BCUT2D eigenvalue weighted by Crippen LogP contribution is 2.43. The van der Waals surface area contributed by atoms with Crippen LogP contribution < -0.4 is 14.8 Å². The lowest BCUT2D eigenvalue weighted by Gasteiger charge is -2.17. The number of pyridine rings is 2. The van der Waals surface area contributed by atoms with Gasteiger partial charge in [-0.1, -0.05) is 11.6 Å². The summed E-state index contributed by atoms with van der Waals surface area (Å²) in [6.07, 6.45) is 1.84. The van der Waals surface area contributed by atoms with Gasteiger partial charge in [-0.2, -0.15) is 0 Å². The van der Waals surface area contributed by atoms with Gasteiger partial charge in [0.15, 0.2) is 0 Å². The van der Waals surface area contributed by atoms with Crippen LogP contribution in [0.3, 0.4) is 0 Å². The van der Waals surface area contributed by atoms with E-state index in [4.69, 9.17) is 26.1 Å². The van der Waals surface area contributed by atoms with Crippen LogP contribution in [-0.4, -0.2) is 31.2 Å². The number of ether oxygens (including phenoxy) is 2. The standard InChI is InChI=1S/C19H20ClN3O2/c1-10-6-13-12(9-22-10)7-14(23-19(13)21-3)17-11(2)15(24-4)8-16(25-5)18(17)20/h6-9H,1-5H3,(H,21,23). The van der Waals surface area contributed by atoms with E-state index in [9.17, 15) is 0 Å². The fourth-order valence-corrected chi connectivity index (χ4v) is 3.31. The van der Waals surface area contributed by atoms with Crippen molar-refractivity contribution in [2.75, 3.05) is 26.6 Å². The lowest BCUT2D eigenvalue weighted by atomic mass is 10.0. The zero-order chi connectivity index (χ0) is 18.1. The molecule has 6 heteroatoms. The predicted octanol–water partition coefficient (Wildman–Crippen LogP) is 4.63. The van der Waals surface area contributed by atoms with E-state index in [-0.39, 0.29) is 0 Å². The van der Waals surface area contributed by atoms with Crippen molar-refractivity contribution in [2.45, 2.75) is 13.8 Å². The summed E-state index contributed by atoms with van der Waals surface area (Å²) in [5.74, 6) is 2.02. The molecule has 0 aliphatic carbocycles. The summed E-state index contributed by atoms with van der Waals surface area (Å²) in [6.45, 7) is 3.92. The van der Waals surface area contributed by atoms with Gasteiger partial charge < -0.3 is 14.8 Å². The van der Waals surface area contributed by atoms with Gasteiger partial charge in [-0.15, -0.1) is 0 Å². The molecule has 0 spiro atoms. The van der Waals surface area contributed by atoms with Gasteiger partial charge in [-0.25, -0.2) is 4.98 Å². The Balaban J connectivity index is 2.35. The molecular weight excluding hydrogens is 338 g/mol. The van der Waals surface area contributed by atoms with Crippen molar-refractivity contribution in [1.29, 1.82) is 0 Å². The van der Waals surface area contributed by atoms with Gasteiger partial charge in [0.05, 0.1) is 24.9 Å². The predicted molar refractivity (Wildman–Crippen MR) is 102 cm³/mol. The van der Waals surface area contributed by atoms with Crippen molar-refractivity contribution in [2.24, 2.45) is 0 Å². The normalized spacial score (nSPS) is 10.8. The molecule has 0 saturated carbocycles. The molecule has 2 heterocycles. The van der Waals surface area contributed by atoms with E-state index < -0.39 is 0 Å². The van der Waals surface area contributed by atoms with Crippen LogP contribution >= 0.6 is 11.6 Å². The van der Waals surface area contributed by atoms with Gasteiger partial charge in [-0.05, 0) is 26.0 Å². The number of aryl methyl sites for hydroxylation is 1. The van der Waals surface area contributed by atoms with E-state index in [1.54, 1.807) is 20.3 Å². The highest BCUT2D eigenvalue weighted by molar-refractivity contribution is 6.35. The van der Waals surface area contributed by atoms with E-state index in [0.29, 0.717) is 16.5 Å². The quantitative estimate of drug-likeness (QED) is 0.738. The summed E-state index contributed by atoms with van der Waals surface area (Å²) >= 11 is 6.59. The zero-order valence-electron chi connectivity index (χ0n) is 14.9. The van der Waals surface area contributed by atoms with Crippen molar-refractivity contribution in [3.8, 4) is 22.8 Å². The smallest absolute Gasteiger partial charge is 0.141 e. The summed E-state index contributed by atoms with van der Waals surface area (Å²) in [5, 5.41) is 5.67. The molecular formula is C19H20ClN3O2. The summed E-state index contributed by atoms with van der Waals surface area (Å²) in [6, 6.07) is 5.78. The van der Waals surface area contributed by atoms with E-state index >= 15 is 0 Å². The number of nitrogens with zero attached hydrogens (tertiary/aromatic N) is 2. The van der Waals surface area contributed by atoms with E-state index in [0.717, 1.165) is 39.1 Å². The second kappa shape index (κ2) is 6.76. The third-order valence-electron chi connectivity index (χ3n) is 4.23. The highest BCUT2D eigenvalue weighted by Gasteiger charge is 2.19. The number of benzene rings is 1. The summed E-state index contributed by atoms with van der Waals surface area (Å²) in [4.78, 5) is 9.16. The molecule has 0 radical (unpaired) electrons. The SMILES string of the molecule is CNc1nc(-c2c(C)c(OC)cc(OC)c2Cl)cc2cnc(C)cc12. The molecule has 130 valence electrons. The average molecular weight is 358 g/mol. The third kappa shape index (κ3) is 2.96. The van der Waals surface area contributed by atoms with Gasteiger partial charge in [-0.3, -0.25) is 4.98 Å². The van der Waals surface area contributed by atoms with Crippen LogP contribution in [0.2, 0.25) is 5.02 Å². The average Bonchev–Trinajstić information content (AvgIpc) is 2.61. The number of anilines is 1. The van der Waals surface area contributed by atoms with Gasteiger partial charge in [0, 0.05) is 46.9 Å². The topological polar surface area (TPSA) is 56.3 Å². The molecule has 0 fully saturated rings. The molecule has 0 amide bonds. The molecule has 25 heavy (non-hydrogen) atoms. The monoisotopic (exact) mass is 357 g/mol. The Kier molecular flexibility index (Phi) is 4.68. The van der Waals surface area contributed by atoms with Crippen LogP contribution in [0.4, 0.5) is 5.82 Å². The Morgan fingerprint density at radius 2 is 1.76 bits per heavy atom. The molecule has 5 nitrogen and oxygen atoms in total. The van der Waals surface area contributed by atoms with Gasteiger partial charge in [0.2, 0.25) is 0 Å². The largest absolute Gasteiger partial charge is 0.496 e. The molecule has 0 atom stereocenters. The van der Waals surface area contributed by atoms with Crippen LogP contribution in [0, 0.1) is 13.8 Å². The summed E-state index contributed by atoms with van der Waals surface area (Å²) in [5.41, 5.74) is 3.37. The van der Waals surface area contributed by atoms with Gasteiger partial charge >= 0.3 is 0 Å². The second-order valence-electron chi connectivity index (χ2n) is 5.75. The molecule has 0 aliphatic rings. The number of methoxy groups -OCH3 is 2. The highest BCUT2D eigenvalue weighted by atomic mass is 35.5. The minimum absolute atomic E-state index is 0.509. The van der Waals surface area contributed by atoms with Gasteiger partial charge in [0.1, 0.15) is 17.3 Å². The Labute approximate surface area is 152 Å². The Morgan fingerprint density at radius 1 is 1.04 bits per heavy atom. The lowest BCUT2D eigenvalue weighted by molar-refractivity contribution is 0.393. The minimum Gasteiger partial charge on any atom is -0.496 e. The first-order valence-electron chi connectivity index (χ1n) is 7.86. The van der Waals surface area contributed by atoms with E-state index in [1.807, 2.05) is 39.2 Å². The number of nitrogens with one attached hydrogen (secondary N) is 1.